The summed E-state index contributed by atoms with van der Waals surface area (Å²) in [6, 6.07) is 6.68. The Kier molecular flexibility index (Phi) is 5.19. The average molecular weight is 272 g/mol. The summed E-state index contributed by atoms with van der Waals surface area (Å²) in [4.78, 5) is 1.25. The van der Waals surface area contributed by atoms with Crippen molar-refractivity contribution in [2.45, 2.75) is 19.6 Å². The van der Waals surface area contributed by atoms with Crippen molar-refractivity contribution in [2.24, 2.45) is 0 Å². The molecule has 19 heavy (non-hydrogen) atoms. The van der Waals surface area contributed by atoms with Gasteiger partial charge in [0.1, 0.15) is 5.75 Å². The maximum absolute atomic E-state index is 12.4. The summed E-state index contributed by atoms with van der Waals surface area (Å²) >= 11 is 0. The first-order chi connectivity index (χ1) is 8.89. The maximum atomic E-state index is 12.4. The van der Waals surface area contributed by atoms with E-state index >= 15 is 0 Å². The van der Waals surface area contributed by atoms with E-state index in [9.17, 15) is 13.2 Å². The van der Waals surface area contributed by atoms with Gasteiger partial charge in [-0.15, -0.1) is 0 Å². The molecule has 6 heteroatoms. The Morgan fingerprint density at radius 2 is 2.05 bits per heavy atom. The number of rotatable bonds is 5. The first kappa shape index (κ1) is 15.3. The molecule has 0 atom stereocenters. The number of hydrogen-bond acceptors (Lipinski definition) is 3. The highest BCUT2D eigenvalue weighted by atomic mass is 19.4. The number of alkyl halides is 3. The van der Waals surface area contributed by atoms with E-state index in [1.807, 2.05) is 6.07 Å². The SMILES string of the molecule is CCN(Cc1cc(C#N)ccc1OC)CC(F)(F)F. The molecule has 0 aliphatic rings. The maximum Gasteiger partial charge on any atom is 0.401 e. The van der Waals surface area contributed by atoms with Gasteiger partial charge < -0.3 is 4.74 Å². The molecule has 3 nitrogen and oxygen atoms in total. The molecule has 0 saturated heterocycles. The molecule has 1 rings (SSSR count). The van der Waals surface area contributed by atoms with Crippen LogP contribution in [-0.4, -0.2) is 31.3 Å². The molecule has 0 amide bonds. The van der Waals surface area contributed by atoms with Crippen LogP contribution in [0.3, 0.4) is 0 Å². The van der Waals surface area contributed by atoms with E-state index in [-0.39, 0.29) is 13.1 Å². The Hall–Kier alpha value is -1.74. The number of benzene rings is 1. The zero-order chi connectivity index (χ0) is 14.5. The van der Waals surface area contributed by atoms with Gasteiger partial charge in [-0.05, 0) is 24.7 Å². The number of methoxy groups -OCH3 is 1. The van der Waals surface area contributed by atoms with Gasteiger partial charge in [-0.1, -0.05) is 6.92 Å². The van der Waals surface area contributed by atoms with Crippen LogP contribution in [0.4, 0.5) is 13.2 Å². The van der Waals surface area contributed by atoms with Gasteiger partial charge in [-0.25, -0.2) is 0 Å². The van der Waals surface area contributed by atoms with E-state index in [0.29, 0.717) is 16.9 Å². The van der Waals surface area contributed by atoms with Crippen molar-refractivity contribution >= 4 is 0 Å². The van der Waals surface area contributed by atoms with Crippen molar-refractivity contribution < 1.29 is 17.9 Å². The second-order valence-electron chi connectivity index (χ2n) is 4.06. The summed E-state index contributed by atoms with van der Waals surface area (Å²) in [5.74, 6) is 0.486. The second kappa shape index (κ2) is 6.43. The van der Waals surface area contributed by atoms with Crippen LogP contribution in [0.5, 0.6) is 5.75 Å². The molecule has 104 valence electrons. The smallest absolute Gasteiger partial charge is 0.401 e. The molecule has 0 N–H and O–H groups in total. The summed E-state index contributed by atoms with van der Waals surface area (Å²) in [5, 5.41) is 8.82. The Bertz CT molecular complexity index is 466. The highest BCUT2D eigenvalue weighted by Gasteiger charge is 2.30. The number of hydrogen-bond donors (Lipinski definition) is 0. The molecule has 1 aromatic carbocycles. The lowest BCUT2D eigenvalue weighted by atomic mass is 10.1. The summed E-state index contributed by atoms with van der Waals surface area (Å²) in [7, 11) is 1.45. The Labute approximate surface area is 110 Å². The van der Waals surface area contributed by atoms with E-state index in [0.717, 1.165) is 0 Å². The highest BCUT2D eigenvalue weighted by Crippen LogP contribution is 2.23. The fourth-order valence-corrected chi connectivity index (χ4v) is 1.75. The molecule has 0 aromatic heterocycles. The van der Waals surface area contributed by atoms with Crippen LogP contribution in [0.2, 0.25) is 0 Å². The molecule has 0 heterocycles. The van der Waals surface area contributed by atoms with E-state index in [4.69, 9.17) is 10.00 Å². The number of nitrogens with zero attached hydrogens (tertiary/aromatic N) is 2. The lowest BCUT2D eigenvalue weighted by Gasteiger charge is -2.23. The van der Waals surface area contributed by atoms with Crippen LogP contribution >= 0.6 is 0 Å². The van der Waals surface area contributed by atoms with Crippen molar-refractivity contribution in [3.8, 4) is 11.8 Å². The standard InChI is InChI=1S/C13H15F3N2O/c1-3-18(9-13(14,15)16)8-11-6-10(7-17)4-5-12(11)19-2/h4-6H,3,8-9H2,1-2H3. The van der Waals surface area contributed by atoms with Crippen molar-refractivity contribution in [2.75, 3.05) is 20.2 Å². The van der Waals surface area contributed by atoms with Gasteiger partial charge in [0.25, 0.3) is 0 Å². The molecule has 1 aromatic rings. The minimum atomic E-state index is -4.24. The molecule has 0 spiro atoms. The Morgan fingerprint density at radius 3 is 2.53 bits per heavy atom. The van der Waals surface area contributed by atoms with Gasteiger partial charge in [0.05, 0.1) is 25.3 Å². The zero-order valence-electron chi connectivity index (χ0n) is 10.8. The van der Waals surface area contributed by atoms with E-state index in [2.05, 4.69) is 0 Å². The van der Waals surface area contributed by atoms with E-state index in [1.165, 1.54) is 12.0 Å². The van der Waals surface area contributed by atoms with Crippen LogP contribution in [0.15, 0.2) is 18.2 Å². The lowest BCUT2D eigenvalue weighted by Crippen LogP contribution is -2.33. The summed E-state index contributed by atoms with van der Waals surface area (Å²) in [5.41, 5.74) is 0.978. The van der Waals surface area contributed by atoms with Gasteiger partial charge in [-0.2, -0.15) is 18.4 Å². The van der Waals surface area contributed by atoms with Crippen LogP contribution < -0.4 is 4.74 Å². The van der Waals surface area contributed by atoms with Gasteiger partial charge in [0.15, 0.2) is 0 Å². The fraction of sp³-hybridized carbons (Fsp3) is 0.462. The van der Waals surface area contributed by atoms with Gasteiger partial charge >= 0.3 is 6.18 Å². The highest BCUT2D eigenvalue weighted by molar-refractivity contribution is 5.42. The number of ether oxygens (including phenoxy) is 1. The molecular formula is C13H15F3N2O. The monoisotopic (exact) mass is 272 g/mol. The van der Waals surface area contributed by atoms with Gasteiger partial charge in [-0.3, -0.25) is 4.90 Å². The molecule has 0 aliphatic heterocycles. The third-order valence-electron chi connectivity index (χ3n) is 2.65. The predicted molar refractivity (Wildman–Crippen MR) is 64.7 cm³/mol. The molecule has 0 fully saturated rings. The molecule has 0 saturated carbocycles. The number of nitriles is 1. The van der Waals surface area contributed by atoms with Gasteiger partial charge in [0, 0.05) is 12.1 Å². The quantitative estimate of drug-likeness (QED) is 0.826. The topological polar surface area (TPSA) is 36.3 Å². The van der Waals surface area contributed by atoms with Crippen molar-refractivity contribution in [1.82, 2.24) is 4.90 Å². The Morgan fingerprint density at radius 1 is 1.37 bits per heavy atom. The summed E-state index contributed by atoms with van der Waals surface area (Å²) in [6.07, 6.45) is -4.24. The third-order valence-corrected chi connectivity index (χ3v) is 2.65. The van der Waals surface area contributed by atoms with Crippen molar-refractivity contribution in [1.29, 1.82) is 5.26 Å². The minimum Gasteiger partial charge on any atom is -0.496 e. The normalized spacial score (nSPS) is 11.4. The first-order valence-corrected chi connectivity index (χ1v) is 5.75. The van der Waals surface area contributed by atoms with E-state index in [1.54, 1.807) is 25.1 Å². The Balaban J connectivity index is 2.92. The molecule has 0 bridgehead atoms. The van der Waals surface area contributed by atoms with Crippen molar-refractivity contribution in [3.05, 3.63) is 29.3 Å². The van der Waals surface area contributed by atoms with Gasteiger partial charge in [0.2, 0.25) is 0 Å². The van der Waals surface area contributed by atoms with Crippen LogP contribution in [0.1, 0.15) is 18.1 Å². The lowest BCUT2D eigenvalue weighted by molar-refractivity contribution is -0.146. The van der Waals surface area contributed by atoms with Crippen LogP contribution in [-0.2, 0) is 6.54 Å². The predicted octanol–water partition coefficient (Wildman–Crippen LogP) is 2.95. The second-order valence-corrected chi connectivity index (χ2v) is 4.06. The minimum absolute atomic E-state index is 0.0920. The molecular weight excluding hydrogens is 257 g/mol. The first-order valence-electron chi connectivity index (χ1n) is 5.75. The third kappa shape index (κ3) is 4.79. The summed E-state index contributed by atoms with van der Waals surface area (Å²) < 4.78 is 42.3. The summed E-state index contributed by atoms with van der Waals surface area (Å²) in [6.45, 7) is 1.03. The average Bonchev–Trinajstić information content (AvgIpc) is 2.36. The largest absolute Gasteiger partial charge is 0.496 e. The zero-order valence-corrected chi connectivity index (χ0v) is 10.8. The van der Waals surface area contributed by atoms with Crippen molar-refractivity contribution in [3.63, 3.8) is 0 Å². The van der Waals surface area contributed by atoms with Crippen LogP contribution in [0.25, 0.3) is 0 Å². The van der Waals surface area contributed by atoms with E-state index < -0.39 is 12.7 Å². The number of halogens is 3. The fourth-order valence-electron chi connectivity index (χ4n) is 1.75. The molecule has 0 radical (unpaired) electrons. The molecule has 0 unspecified atom stereocenters. The van der Waals surface area contributed by atoms with Crippen LogP contribution in [0, 0.1) is 11.3 Å². The molecule has 0 aliphatic carbocycles.